The van der Waals surface area contributed by atoms with Crippen LogP contribution in [0.1, 0.15) is 21.5 Å². The second-order valence-electron chi connectivity index (χ2n) is 6.10. The summed E-state index contributed by atoms with van der Waals surface area (Å²) in [7, 11) is 0. The van der Waals surface area contributed by atoms with Crippen molar-refractivity contribution >= 4 is 22.4 Å². The molecule has 26 heavy (non-hydrogen) atoms. The van der Waals surface area contributed by atoms with Gasteiger partial charge >= 0.3 is 0 Å². The first-order valence-electron chi connectivity index (χ1n) is 8.35. The van der Waals surface area contributed by atoms with E-state index in [1.165, 1.54) is 11.3 Å². The number of aryl methyl sites for hydroxylation is 1. The summed E-state index contributed by atoms with van der Waals surface area (Å²) < 4.78 is 11.2. The maximum Gasteiger partial charge on any atom is 0.257 e. The second-order valence-corrected chi connectivity index (χ2v) is 6.96. The largest absolute Gasteiger partial charge is 0.486 e. The Hall–Kier alpha value is -2.86. The molecule has 6 heteroatoms. The predicted molar refractivity (Wildman–Crippen MR) is 102 cm³/mol. The molecule has 0 bridgehead atoms. The number of carbonyl (C=O) groups excluding carboxylic acids is 1. The number of nitrogens with one attached hydrogen (secondary N) is 1. The predicted octanol–water partition coefficient (Wildman–Crippen LogP) is 4.45. The quantitative estimate of drug-likeness (QED) is 0.744. The number of anilines is 1. The highest BCUT2D eigenvalue weighted by Crippen LogP contribution is 2.35. The van der Waals surface area contributed by atoms with Gasteiger partial charge in [0.15, 0.2) is 16.6 Å². The van der Waals surface area contributed by atoms with Crippen molar-refractivity contribution < 1.29 is 14.3 Å². The van der Waals surface area contributed by atoms with Gasteiger partial charge in [-0.15, -0.1) is 11.3 Å². The van der Waals surface area contributed by atoms with E-state index in [4.69, 9.17) is 9.47 Å². The number of thiazole rings is 1. The summed E-state index contributed by atoms with van der Waals surface area (Å²) in [6, 6.07) is 11.5. The number of aromatic nitrogens is 1. The second kappa shape index (κ2) is 6.80. The van der Waals surface area contributed by atoms with Crippen molar-refractivity contribution in [3.63, 3.8) is 0 Å². The first kappa shape index (κ1) is 16.6. The molecular formula is C20H18N2O3S. The molecule has 1 aliphatic heterocycles. The van der Waals surface area contributed by atoms with Crippen LogP contribution >= 0.6 is 11.3 Å². The van der Waals surface area contributed by atoms with Crippen LogP contribution in [0.3, 0.4) is 0 Å². The van der Waals surface area contributed by atoms with Gasteiger partial charge in [0.25, 0.3) is 5.91 Å². The maximum absolute atomic E-state index is 12.5. The van der Waals surface area contributed by atoms with Gasteiger partial charge in [-0.1, -0.05) is 12.1 Å². The Balaban J connectivity index is 1.55. The van der Waals surface area contributed by atoms with E-state index in [1.807, 2.05) is 55.6 Å². The molecule has 0 aliphatic carbocycles. The molecule has 132 valence electrons. The van der Waals surface area contributed by atoms with Crippen LogP contribution in [0.25, 0.3) is 11.3 Å². The molecule has 1 N–H and O–H groups in total. The molecule has 2 aromatic carbocycles. The van der Waals surface area contributed by atoms with E-state index in [1.54, 1.807) is 0 Å². The molecule has 0 spiro atoms. The summed E-state index contributed by atoms with van der Waals surface area (Å²) in [6.07, 6.45) is 0. The Morgan fingerprint density at radius 1 is 1.12 bits per heavy atom. The number of hydrogen-bond acceptors (Lipinski definition) is 5. The van der Waals surface area contributed by atoms with Crippen LogP contribution in [0.4, 0.5) is 5.13 Å². The van der Waals surface area contributed by atoms with Crippen LogP contribution in [0.15, 0.2) is 41.8 Å². The number of nitrogens with zero attached hydrogens (tertiary/aromatic N) is 1. The summed E-state index contributed by atoms with van der Waals surface area (Å²) in [4.78, 5) is 17.1. The zero-order valence-corrected chi connectivity index (χ0v) is 15.4. The summed E-state index contributed by atoms with van der Waals surface area (Å²) >= 11 is 1.40. The van der Waals surface area contributed by atoms with Gasteiger partial charge < -0.3 is 9.47 Å². The topological polar surface area (TPSA) is 60.5 Å². The number of amides is 1. The normalized spacial score (nSPS) is 12.7. The third-order valence-corrected chi connectivity index (χ3v) is 5.17. The van der Waals surface area contributed by atoms with Crippen molar-refractivity contribution in [3.8, 4) is 22.8 Å². The molecule has 4 rings (SSSR count). The van der Waals surface area contributed by atoms with Crippen LogP contribution in [0.2, 0.25) is 0 Å². The van der Waals surface area contributed by atoms with Crippen molar-refractivity contribution in [1.29, 1.82) is 0 Å². The Kier molecular flexibility index (Phi) is 4.34. The lowest BCUT2D eigenvalue weighted by Gasteiger charge is -2.18. The lowest BCUT2D eigenvalue weighted by molar-refractivity contribution is 0.102. The molecule has 2 heterocycles. The third-order valence-electron chi connectivity index (χ3n) is 4.41. The van der Waals surface area contributed by atoms with E-state index in [2.05, 4.69) is 10.3 Å². The van der Waals surface area contributed by atoms with Crippen molar-refractivity contribution in [2.45, 2.75) is 13.8 Å². The average Bonchev–Trinajstić information content (AvgIpc) is 3.12. The average molecular weight is 366 g/mol. The summed E-state index contributed by atoms with van der Waals surface area (Å²) in [5, 5.41) is 5.38. The standard InChI is InChI=1S/C20H18N2O3S/c1-12-4-3-5-15(13(12)2)19(23)22-20-21-16(11-26-20)14-6-7-17-18(10-14)25-9-8-24-17/h3-7,10-11H,8-9H2,1-2H3,(H,21,22,23). The first-order chi connectivity index (χ1) is 12.6. The minimum absolute atomic E-state index is 0.144. The van der Waals surface area contributed by atoms with Crippen LogP contribution in [0, 0.1) is 13.8 Å². The molecular weight excluding hydrogens is 348 g/mol. The lowest BCUT2D eigenvalue weighted by Crippen LogP contribution is -2.15. The van der Waals surface area contributed by atoms with Crippen molar-refractivity contribution in [2.75, 3.05) is 18.5 Å². The van der Waals surface area contributed by atoms with Gasteiger partial charge in [-0.2, -0.15) is 0 Å². The molecule has 0 fully saturated rings. The zero-order valence-electron chi connectivity index (χ0n) is 14.5. The van der Waals surface area contributed by atoms with E-state index in [9.17, 15) is 4.79 Å². The maximum atomic E-state index is 12.5. The van der Waals surface area contributed by atoms with Gasteiger partial charge in [0.1, 0.15) is 13.2 Å². The van der Waals surface area contributed by atoms with Crippen molar-refractivity contribution in [2.24, 2.45) is 0 Å². The number of rotatable bonds is 3. The fourth-order valence-corrected chi connectivity index (χ4v) is 3.54. The summed E-state index contributed by atoms with van der Waals surface area (Å²) in [6.45, 7) is 5.06. The Bertz CT molecular complexity index is 981. The van der Waals surface area contributed by atoms with Crippen LogP contribution in [-0.2, 0) is 0 Å². The van der Waals surface area contributed by atoms with E-state index in [0.29, 0.717) is 23.9 Å². The summed E-state index contributed by atoms with van der Waals surface area (Å²) in [5.74, 6) is 1.33. The van der Waals surface area contributed by atoms with Crippen LogP contribution < -0.4 is 14.8 Å². The fraction of sp³-hybridized carbons (Fsp3) is 0.200. The lowest BCUT2D eigenvalue weighted by atomic mass is 10.0. The Morgan fingerprint density at radius 3 is 2.77 bits per heavy atom. The van der Waals surface area contributed by atoms with E-state index in [0.717, 1.165) is 33.9 Å². The number of carbonyl (C=O) groups is 1. The van der Waals surface area contributed by atoms with Crippen molar-refractivity contribution in [1.82, 2.24) is 4.98 Å². The molecule has 1 aromatic heterocycles. The monoisotopic (exact) mass is 366 g/mol. The van der Waals surface area contributed by atoms with Crippen molar-refractivity contribution in [3.05, 3.63) is 58.5 Å². The molecule has 3 aromatic rings. The van der Waals surface area contributed by atoms with Gasteiger partial charge in [0.2, 0.25) is 0 Å². The van der Waals surface area contributed by atoms with Gasteiger partial charge in [0.05, 0.1) is 5.69 Å². The molecule has 1 amide bonds. The summed E-state index contributed by atoms with van der Waals surface area (Å²) in [5.41, 5.74) is 4.46. The molecule has 0 atom stereocenters. The third kappa shape index (κ3) is 3.15. The van der Waals surface area contributed by atoms with E-state index < -0.39 is 0 Å². The fourth-order valence-electron chi connectivity index (χ4n) is 2.83. The van der Waals surface area contributed by atoms with E-state index in [-0.39, 0.29) is 5.91 Å². The Labute approximate surface area is 155 Å². The highest BCUT2D eigenvalue weighted by atomic mass is 32.1. The molecule has 0 saturated carbocycles. The SMILES string of the molecule is Cc1cccc(C(=O)Nc2nc(-c3ccc4c(c3)OCCO4)cs2)c1C. The molecule has 0 radical (unpaired) electrons. The van der Waals surface area contributed by atoms with Gasteiger partial charge in [-0.25, -0.2) is 4.98 Å². The molecule has 0 saturated heterocycles. The van der Waals surface area contributed by atoms with Gasteiger partial charge in [-0.3, -0.25) is 10.1 Å². The zero-order chi connectivity index (χ0) is 18.1. The van der Waals surface area contributed by atoms with Gasteiger partial charge in [0, 0.05) is 16.5 Å². The highest BCUT2D eigenvalue weighted by Gasteiger charge is 2.15. The molecule has 0 unspecified atom stereocenters. The smallest absolute Gasteiger partial charge is 0.257 e. The minimum Gasteiger partial charge on any atom is -0.486 e. The molecule has 5 nitrogen and oxygen atoms in total. The molecule has 1 aliphatic rings. The van der Waals surface area contributed by atoms with Crippen LogP contribution in [-0.4, -0.2) is 24.1 Å². The van der Waals surface area contributed by atoms with E-state index >= 15 is 0 Å². The number of fused-ring (bicyclic) bond motifs is 1. The van der Waals surface area contributed by atoms with Gasteiger partial charge in [-0.05, 0) is 49.2 Å². The number of ether oxygens (including phenoxy) is 2. The first-order valence-corrected chi connectivity index (χ1v) is 9.23. The number of benzene rings is 2. The Morgan fingerprint density at radius 2 is 1.92 bits per heavy atom. The minimum atomic E-state index is -0.144. The van der Waals surface area contributed by atoms with Crippen LogP contribution in [0.5, 0.6) is 11.5 Å². The highest BCUT2D eigenvalue weighted by molar-refractivity contribution is 7.14. The number of hydrogen-bond donors (Lipinski definition) is 1.